The van der Waals surface area contributed by atoms with Gasteiger partial charge in [0.1, 0.15) is 0 Å². The van der Waals surface area contributed by atoms with E-state index >= 15 is 0 Å². The van der Waals surface area contributed by atoms with Crippen LogP contribution in [0.3, 0.4) is 0 Å². The predicted octanol–water partition coefficient (Wildman–Crippen LogP) is -0.0274. The summed E-state index contributed by atoms with van der Waals surface area (Å²) in [7, 11) is 0. The summed E-state index contributed by atoms with van der Waals surface area (Å²) < 4.78 is 0. The normalized spacial score (nSPS) is 12.5. The second kappa shape index (κ2) is 3.87. The minimum atomic E-state index is -0.895. The van der Waals surface area contributed by atoms with Gasteiger partial charge in [0.15, 0.2) is 0 Å². The van der Waals surface area contributed by atoms with Crippen LogP contribution < -0.4 is 5.73 Å². The minimum absolute atomic E-state index is 0.00407. The topological polar surface area (TPSA) is 80.4 Å². The molecule has 1 amide bonds. The van der Waals surface area contributed by atoms with Gasteiger partial charge in [0.05, 0.1) is 0 Å². The van der Waals surface area contributed by atoms with Gasteiger partial charge in [-0.25, -0.2) is 0 Å². The molecule has 3 N–H and O–H groups in total. The summed E-state index contributed by atoms with van der Waals surface area (Å²) in [4.78, 5) is 20.3. The van der Waals surface area contributed by atoms with Crippen LogP contribution in [0.1, 0.15) is 19.8 Å². The number of amides is 1. The molecule has 0 fully saturated rings. The van der Waals surface area contributed by atoms with Gasteiger partial charge >= 0.3 is 5.97 Å². The van der Waals surface area contributed by atoms with Gasteiger partial charge in [0.2, 0.25) is 5.91 Å². The Labute approximate surface area is 59.0 Å². The molecular weight excluding hydrogens is 134 g/mol. The third-order valence-electron chi connectivity index (χ3n) is 1.28. The molecule has 0 spiro atoms. The summed E-state index contributed by atoms with van der Waals surface area (Å²) >= 11 is 0. The Bertz CT molecular complexity index is 144. The molecule has 0 aliphatic carbocycles. The van der Waals surface area contributed by atoms with Gasteiger partial charge in [-0.3, -0.25) is 9.59 Å². The van der Waals surface area contributed by atoms with Gasteiger partial charge in [-0.1, -0.05) is 6.92 Å². The molecule has 0 saturated carbocycles. The van der Waals surface area contributed by atoms with Crippen molar-refractivity contribution in [2.24, 2.45) is 11.7 Å². The van der Waals surface area contributed by atoms with Crippen molar-refractivity contribution in [3.63, 3.8) is 0 Å². The maximum absolute atomic E-state index is 10.3. The van der Waals surface area contributed by atoms with Crippen LogP contribution in [-0.4, -0.2) is 17.0 Å². The van der Waals surface area contributed by atoms with Crippen molar-refractivity contribution in [1.82, 2.24) is 0 Å². The number of hydrogen-bond acceptors (Lipinski definition) is 2. The molecule has 0 aromatic heterocycles. The molecule has 0 aliphatic rings. The van der Waals surface area contributed by atoms with Gasteiger partial charge < -0.3 is 10.8 Å². The molecule has 0 bridgehead atoms. The minimum Gasteiger partial charge on any atom is -0.481 e. The smallest absolute Gasteiger partial charge is 0.303 e. The molecule has 0 aliphatic heterocycles. The number of rotatable bonds is 4. The highest BCUT2D eigenvalue weighted by molar-refractivity contribution is 5.77. The fourth-order valence-corrected chi connectivity index (χ4v) is 0.482. The molecule has 4 heteroatoms. The Balaban J connectivity index is 3.49. The predicted molar refractivity (Wildman–Crippen MR) is 35.2 cm³/mol. The van der Waals surface area contributed by atoms with E-state index in [-0.39, 0.29) is 12.3 Å². The van der Waals surface area contributed by atoms with Crippen molar-refractivity contribution >= 4 is 11.9 Å². The van der Waals surface area contributed by atoms with E-state index in [2.05, 4.69) is 0 Å². The number of primary amides is 1. The van der Waals surface area contributed by atoms with Crippen LogP contribution in [0.4, 0.5) is 0 Å². The van der Waals surface area contributed by atoms with E-state index in [0.717, 1.165) is 0 Å². The zero-order chi connectivity index (χ0) is 8.15. The second-order valence-corrected chi connectivity index (χ2v) is 2.24. The van der Waals surface area contributed by atoms with Crippen molar-refractivity contribution in [2.45, 2.75) is 19.8 Å². The largest absolute Gasteiger partial charge is 0.481 e. The molecule has 0 radical (unpaired) electrons. The molecule has 1 atom stereocenters. The molecule has 0 aromatic rings. The van der Waals surface area contributed by atoms with E-state index in [0.29, 0.717) is 6.42 Å². The Morgan fingerprint density at radius 1 is 1.60 bits per heavy atom. The quantitative estimate of drug-likeness (QED) is 0.583. The number of carboxylic acids is 1. The second-order valence-electron chi connectivity index (χ2n) is 2.24. The number of carbonyl (C=O) groups is 2. The summed E-state index contributed by atoms with van der Waals surface area (Å²) in [5.74, 6) is -1.68. The van der Waals surface area contributed by atoms with Crippen LogP contribution in [0.5, 0.6) is 0 Å². The summed E-state index contributed by atoms with van der Waals surface area (Å²) in [5, 5.41) is 8.19. The van der Waals surface area contributed by atoms with Gasteiger partial charge in [0.25, 0.3) is 0 Å². The molecule has 1 unspecified atom stereocenters. The van der Waals surface area contributed by atoms with E-state index in [1.165, 1.54) is 0 Å². The van der Waals surface area contributed by atoms with Crippen molar-refractivity contribution < 1.29 is 14.7 Å². The average Bonchev–Trinajstić information content (AvgIpc) is 1.82. The third kappa shape index (κ3) is 3.88. The van der Waals surface area contributed by atoms with E-state index < -0.39 is 11.9 Å². The van der Waals surface area contributed by atoms with Crippen molar-refractivity contribution in [2.75, 3.05) is 0 Å². The highest BCUT2D eigenvalue weighted by Crippen LogP contribution is 2.03. The summed E-state index contributed by atoms with van der Waals surface area (Å²) in [5.41, 5.74) is 4.89. The average molecular weight is 145 g/mol. The number of carbonyl (C=O) groups excluding carboxylic acids is 1. The Morgan fingerprint density at radius 2 is 2.10 bits per heavy atom. The van der Waals surface area contributed by atoms with E-state index in [4.69, 9.17) is 10.8 Å². The maximum Gasteiger partial charge on any atom is 0.303 e. The molecule has 0 heterocycles. The standard InChI is InChI=1S/C6H11NO3/c1-4(6(7)10)2-3-5(8)9/h4H,2-3H2,1H3,(H2,7,10)(H,8,9). The SMILES string of the molecule is CC(CCC(=O)O)C(N)=O. The highest BCUT2D eigenvalue weighted by Gasteiger charge is 2.09. The molecule has 10 heavy (non-hydrogen) atoms. The van der Waals surface area contributed by atoms with Gasteiger partial charge in [-0.2, -0.15) is 0 Å². The van der Waals surface area contributed by atoms with E-state index in [9.17, 15) is 9.59 Å². The lowest BCUT2D eigenvalue weighted by molar-refractivity contribution is -0.137. The molecule has 0 saturated heterocycles. The fourth-order valence-electron chi connectivity index (χ4n) is 0.482. The van der Waals surface area contributed by atoms with Crippen LogP contribution in [0.25, 0.3) is 0 Å². The maximum atomic E-state index is 10.3. The lowest BCUT2D eigenvalue weighted by atomic mass is 10.1. The zero-order valence-corrected chi connectivity index (χ0v) is 5.83. The monoisotopic (exact) mass is 145 g/mol. The van der Waals surface area contributed by atoms with Gasteiger partial charge in [0, 0.05) is 12.3 Å². The van der Waals surface area contributed by atoms with Gasteiger partial charge in [-0.15, -0.1) is 0 Å². The first kappa shape index (κ1) is 8.94. The van der Waals surface area contributed by atoms with Gasteiger partial charge in [-0.05, 0) is 6.42 Å². The Kier molecular flexibility index (Phi) is 3.46. The van der Waals surface area contributed by atoms with Crippen LogP contribution in [0.15, 0.2) is 0 Å². The van der Waals surface area contributed by atoms with E-state index in [1.807, 2.05) is 0 Å². The fraction of sp³-hybridized carbons (Fsp3) is 0.667. The number of nitrogens with two attached hydrogens (primary N) is 1. The van der Waals surface area contributed by atoms with E-state index in [1.54, 1.807) is 6.92 Å². The summed E-state index contributed by atoms with van der Waals surface area (Å²) in [6.07, 6.45) is 0.328. The molecule has 58 valence electrons. The van der Waals surface area contributed by atoms with Crippen molar-refractivity contribution in [3.05, 3.63) is 0 Å². The van der Waals surface area contributed by atoms with Crippen molar-refractivity contribution in [3.8, 4) is 0 Å². The first-order valence-electron chi connectivity index (χ1n) is 3.05. The highest BCUT2D eigenvalue weighted by atomic mass is 16.4. The summed E-state index contributed by atoms with van der Waals surface area (Å²) in [6, 6.07) is 0. The summed E-state index contributed by atoms with van der Waals surface area (Å²) in [6.45, 7) is 1.62. The van der Waals surface area contributed by atoms with Crippen molar-refractivity contribution in [1.29, 1.82) is 0 Å². The number of carboxylic acid groups (broad SMARTS) is 1. The first-order valence-corrected chi connectivity index (χ1v) is 3.05. The zero-order valence-electron chi connectivity index (χ0n) is 5.83. The molecule has 4 nitrogen and oxygen atoms in total. The first-order chi connectivity index (χ1) is 4.54. The van der Waals surface area contributed by atoms with Crippen LogP contribution >= 0.6 is 0 Å². The molecule has 0 rings (SSSR count). The van der Waals surface area contributed by atoms with Crippen LogP contribution in [0, 0.1) is 5.92 Å². The Morgan fingerprint density at radius 3 is 2.40 bits per heavy atom. The number of hydrogen-bond donors (Lipinski definition) is 2. The number of aliphatic carboxylic acids is 1. The lowest BCUT2D eigenvalue weighted by Crippen LogP contribution is -2.21. The van der Waals surface area contributed by atoms with Crippen LogP contribution in [0.2, 0.25) is 0 Å². The van der Waals surface area contributed by atoms with Crippen LogP contribution in [-0.2, 0) is 9.59 Å². The molecule has 0 aromatic carbocycles. The Hall–Kier alpha value is -1.06. The third-order valence-corrected chi connectivity index (χ3v) is 1.28. The molecular formula is C6H11NO3. The lowest BCUT2D eigenvalue weighted by Gasteiger charge is -2.02.